The maximum Gasteiger partial charge on any atom is 0.233 e. The molecule has 9 heteroatoms. The molecule has 0 spiro atoms. The molecule has 0 radical (unpaired) electrons. The average Bonchev–Trinajstić information content (AvgIpc) is 3.35. The fraction of sp³-hybridized carbons (Fsp3) is 0.524. The number of hydrogen-bond donors (Lipinski definition) is 1. The third-order valence-electron chi connectivity index (χ3n) is 5.53. The minimum atomic E-state index is -3.43. The number of aromatic nitrogens is 2. The molecule has 1 heterocycles. The number of hydrogen-bond acceptors (Lipinski definition) is 5. The average molecular weight is 454 g/mol. The summed E-state index contributed by atoms with van der Waals surface area (Å²) in [4.78, 5) is 13.2. The van der Waals surface area contributed by atoms with Crippen molar-refractivity contribution in [1.82, 2.24) is 9.78 Å². The zero-order chi connectivity index (χ0) is 21.7. The summed E-state index contributed by atoms with van der Waals surface area (Å²) in [6, 6.07) is 6.54. The summed E-state index contributed by atoms with van der Waals surface area (Å²) in [6.07, 6.45) is 8.17. The Kier molecular flexibility index (Phi) is 7.55. The third-order valence-corrected chi connectivity index (χ3v) is 7.11. The largest absolute Gasteiger partial charge is 0.383 e. The zero-order valence-electron chi connectivity index (χ0n) is 17.3. The van der Waals surface area contributed by atoms with Crippen molar-refractivity contribution < 1.29 is 17.9 Å². The fourth-order valence-electron chi connectivity index (χ4n) is 3.96. The van der Waals surface area contributed by atoms with E-state index in [-0.39, 0.29) is 15.8 Å². The van der Waals surface area contributed by atoms with Crippen molar-refractivity contribution >= 4 is 33.2 Å². The van der Waals surface area contributed by atoms with Crippen LogP contribution in [0.15, 0.2) is 35.4 Å². The van der Waals surface area contributed by atoms with Gasteiger partial charge in [-0.15, -0.1) is 0 Å². The van der Waals surface area contributed by atoms with Gasteiger partial charge in [-0.1, -0.05) is 43.4 Å². The van der Waals surface area contributed by atoms with Crippen LogP contribution in [0.5, 0.6) is 0 Å². The number of halogens is 1. The van der Waals surface area contributed by atoms with Crippen LogP contribution < -0.4 is 5.32 Å². The molecule has 1 aliphatic rings. The molecular formula is C21H28ClN3O4S. The molecule has 1 aromatic heterocycles. The molecule has 1 saturated carbocycles. The van der Waals surface area contributed by atoms with E-state index in [0.717, 1.165) is 24.7 Å². The number of benzene rings is 1. The zero-order valence-corrected chi connectivity index (χ0v) is 18.9. The van der Waals surface area contributed by atoms with Gasteiger partial charge in [-0.3, -0.25) is 9.48 Å². The van der Waals surface area contributed by atoms with Crippen LogP contribution in [0.4, 0.5) is 5.82 Å². The molecule has 30 heavy (non-hydrogen) atoms. The minimum Gasteiger partial charge on any atom is -0.383 e. The predicted octanol–water partition coefficient (Wildman–Crippen LogP) is 3.89. The first-order valence-electron chi connectivity index (χ1n) is 10.1. The lowest BCUT2D eigenvalue weighted by Crippen LogP contribution is -2.23. The molecule has 1 aromatic carbocycles. The number of anilines is 1. The van der Waals surface area contributed by atoms with Gasteiger partial charge >= 0.3 is 0 Å². The molecule has 0 aliphatic heterocycles. The SMILES string of the molecule is COCCn1ccc(NC(=O)[C@H](CC2CCCC2)c2ccc(S(C)(=O)=O)c(Cl)c2)n1. The van der Waals surface area contributed by atoms with E-state index in [1.165, 1.54) is 18.9 Å². The van der Waals surface area contributed by atoms with Gasteiger partial charge in [-0.25, -0.2) is 8.42 Å². The van der Waals surface area contributed by atoms with Crippen LogP contribution in [0.2, 0.25) is 5.02 Å². The second-order valence-electron chi connectivity index (χ2n) is 7.85. The maximum atomic E-state index is 13.2. The molecule has 1 amide bonds. The Morgan fingerprint density at radius 2 is 2.07 bits per heavy atom. The second-order valence-corrected chi connectivity index (χ2v) is 10.2. The number of amides is 1. The van der Waals surface area contributed by atoms with Crippen LogP contribution in [0.25, 0.3) is 0 Å². The van der Waals surface area contributed by atoms with Gasteiger partial charge in [0.25, 0.3) is 0 Å². The van der Waals surface area contributed by atoms with Crippen molar-refractivity contribution in [2.45, 2.75) is 49.5 Å². The number of carbonyl (C=O) groups is 1. The summed E-state index contributed by atoms with van der Waals surface area (Å²) in [5.41, 5.74) is 0.718. The van der Waals surface area contributed by atoms with E-state index in [1.54, 1.807) is 36.2 Å². The Hall–Kier alpha value is -1.90. The molecule has 0 saturated heterocycles. The number of ether oxygens (including phenoxy) is 1. The molecule has 1 atom stereocenters. The van der Waals surface area contributed by atoms with Gasteiger partial charge in [-0.05, 0) is 30.0 Å². The second kappa shape index (κ2) is 9.94. The van der Waals surface area contributed by atoms with Crippen molar-refractivity contribution in [2.75, 3.05) is 25.3 Å². The van der Waals surface area contributed by atoms with Gasteiger partial charge in [0.15, 0.2) is 15.7 Å². The lowest BCUT2D eigenvalue weighted by Gasteiger charge is -2.21. The summed E-state index contributed by atoms with van der Waals surface area (Å²) in [6.45, 7) is 1.13. The normalized spacial score (nSPS) is 16.0. The molecule has 7 nitrogen and oxygen atoms in total. The van der Waals surface area contributed by atoms with Crippen molar-refractivity contribution in [3.8, 4) is 0 Å². The highest BCUT2D eigenvalue weighted by Gasteiger charge is 2.28. The third kappa shape index (κ3) is 5.83. The van der Waals surface area contributed by atoms with Crippen LogP contribution in [-0.4, -0.2) is 44.1 Å². The number of nitrogens with zero attached hydrogens (tertiary/aromatic N) is 2. The van der Waals surface area contributed by atoms with Gasteiger partial charge in [0.2, 0.25) is 5.91 Å². The van der Waals surface area contributed by atoms with Gasteiger partial charge in [0.1, 0.15) is 0 Å². The Bertz CT molecular complexity index is 984. The standard InChI is InChI=1S/C21H28ClN3O4S/c1-29-12-11-25-10-9-20(24-25)23-21(26)17(13-15-5-3-4-6-15)16-7-8-19(18(22)14-16)30(2,27)28/h7-10,14-15,17H,3-6,11-13H2,1-2H3,(H,23,24,26)/t17-/m1/s1. The fourth-order valence-corrected chi connectivity index (χ4v) is 5.30. The first-order chi connectivity index (χ1) is 14.3. The summed E-state index contributed by atoms with van der Waals surface area (Å²) in [5.74, 6) is 0.352. The van der Waals surface area contributed by atoms with E-state index in [9.17, 15) is 13.2 Å². The highest BCUT2D eigenvalue weighted by atomic mass is 35.5. The number of rotatable bonds is 9. The molecule has 3 rings (SSSR count). The highest BCUT2D eigenvalue weighted by Crippen LogP contribution is 2.36. The van der Waals surface area contributed by atoms with Gasteiger partial charge in [0.05, 0.1) is 29.0 Å². The molecule has 1 aliphatic carbocycles. The van der Waals surface area contributed by atoms with E-state index >= 15 is 0 Å². The van der Waals surface area contributed by atoms with Crippen molar-refractivity contribution in [2.24, 2.45) is 5.92 Å². The first-order valence-corrected chi connectivity index (χ1v) is 12.4. The van der Waals surface area contributed by atoms with E-state index in [2.05, 4.69) is 10.4 Å². The van der Waals surface area contributed by atoms with E-state index < -0.39 is 15.8 Å². The molecule has 1 N–H and O–H groups in total. The molecular weight excluding hydrogens is 426 g/mol. The Morgan fingerprint density at radius 3 is 2.70 bits per heavy atom. The monoisotopic (exact) mass is 453 g/mol. The molecule has 0 bridgehead atoms. The molecule has 164 valence electrons. The summed E-state index contributed by atoms with van der Waals surface area (Å²) < 4.78 is 30.5. The number of carbonyl (C=O) groups excluding carboxylic acids is 1. The van der Waals surface area contributed by atoms with Crippen LogP contribution in [0.3, 0.4) is 0 Å². The van der Waals surface area contributed by atoms with Gasteiger partial charge in [0, 0.05) is 25.6 Å². The molecule has 1 fully saturated rings. The van der Waals surface area contributed by atoms with E-state index in [4.69, 9.17) is 16.3 Å². The van der Waals surface area contributed by atoms with Crippen molar-refractivity contribution in [3.05, 3.63) is 41.0 Å². The highest BCUT2D eigenvalue weighted by molar-refractivity contribution is 7.90. The summed E-state index contributed by atoms with van der Waals surface area (Å²) in [7, 11) is -1.80. The van der Waals surface area contributed by atoms with Crippen molar-refractivity contribution in [1.29, 1.82) is 0 Å². The maximum absolute atomic E-state index is 13.2. The molecule has 2 aromatic rings. The smallest absolute Gasteiger partial charge is 0.233 e. The number of methoxy groups -OCH3 is 1. The quantitative estimate of drug-likeness (QED) is 0.622. The summed E-state index contributed by atoms with van der Waals surface area (Å²) >= 11 is 6.25. The van der Waals surface area contributed by atoms with Crippen molar-refractivity contribution in [3.63, 3.8) is 0 Å². The van der Waals surface area contributed by atoms with E-state index in [1.807, 2.05) is 0 Å². The van der Waals surface area contributed by atoms with E-state index in [0.29, 0.717) is 31.3 Å². The lowest BCUT2D eigenvalue weighted by molar-refractivity contribution is -0.118. The van der Waals surface area contributed by atoms with Crippen LogP contribution in [0, 0.1) is 5.92 Å². The Morgan fingerprint density at radius 1 is 1.33 bits per heavy atom. The lowest BCUT2D eigenvalue weighted by atomic mass is 9.87. The summed E-state index contributed by atoms with van der Waals surface area (Å²) in [5, 5.41) is 7.40. The Labute approximate surface area is 182 Å². The first kappa shape index (κ1) is 22.8. The predicted molar refractivity (Wildman–Crippen MR) is 117 cm³/mol. The van der Waals surface area contributed by atoms with Gasteiger partial charge < -0.3 is 10.1 Å². The van der Waals surface area contributed by atoms with Crippen LogP contribution in [-0.2, 0) is 25.9 Å². The number of nitrogens with one attached hydrogen (secondary N) is 1. The number of sulfone groups is 1. The molecule has 0 unspecified atom stereocenters. The topological polar surface area (TPSA) is 90.3 Å². The van der Waals surface area contributed by atoms with Crippen LogP contribution in [0.1, 0.15) is 43.6 Å². The minimum absolute atomic E-state index is 0.0739. The van der Waals surface area contributed by atoms with Crippen LogP contribution >= 0.6 is 11.6 Å². The van der Waals surface area contributed by atoms with Gasteiger partial charge in [-0.2, -0.15) is 5.10 Å². The Balaban J connectivity index is 1.82.